The third kappa shape index (κ3) is 4.65. The maximum atomic E-state index is 13.5. The van der Waals surface area contributed by atoms with Crippen LogP contribution in [0.3, 0.4) is 0 Å². The first kappa shape index (κ1) is 23.1. The summed E-state index contributed by atoms with van der Waals surface area (Å²) in [5, 5.41) is 3.04. The fourth-order valence-corrected chi connectivity index (χ4v) is 4.86. The number of halogens is 1. The zero-order valence-electron chi connectivity index (χ0n) is 20.3. The number of amides is 1. The van der Waals surface area contributed by atoms with Crippen LogP contribution in [0.2, 0.25) is 0 Å². The van der Waals surface area contributed by atoms with Crippen molar-refractivity contribution in [2.45, 2.75) is 58.5 Å². The quantitative estimate of drug-likeness (QED) is 0.324. The van der Waals surface area contributed by atoms with Gasteiger partial charge in [-0.1, -0.05) is 31.0 Å². The minimum absolute atomic E-state index is 0.158. The third-order valence-electron chi connectivity index (χ3n) is 7.07. The summed E-state index contributed by atoms with van der Waals surface area (Å²) in [6.45, 7) is 6.11. The van der Waals surface area contributed by atoms with E-state index < -0.39 is 0 Å². The summed E-state index contributed by atoms with van der Waals surface area (Å²) in [5.41, 5.74) is 5.82. The van der Waals surface area contributed by atoms with E-state index in [4.69, 9.17) is 4.42 Å². The molecule has 1 fully saturated rings. The Labute approximate surface area is 205 Å². The molecule has 1 amide bonds. The predicted molar refractivity (Wildman–Crippen MR) is 135 cm³/mol. The standard InChI is InChI=1S/C29H30FN3O2/c1-18-8-9-22(16-19(18)2)20(3)32-29(34)26-15-14-25(35-26)28-27(21-10-12-23(30)13-11-21)31-17-33(28)24-6-4-5-7-24/h8-17,20,24H,4-7H2,1-3H3,(H,32,34)/t20-/m1/s1. The van der Waals surface area contributed by atoms with Crippen molar-refractivity contribution in [1.29, 1.82) is 0 Å². The number of carbonyl (C=O) groups is 1. The van der Waals surface area contributed by atoms with Gasteiger partial charge in [0.25, 0.3) is 5.91 Å². The van der Waals surface area contributed by atoms with E-state index in [-0.39, 0.29) is 23.5 Å². The molecule has 5 nitrogen and oxygen atoms in total. The number of nitrogens with one attached hydrogen (secondary N) is 1. The molecular weight excluding hydrogens is 441 g/mol. The predicted octanol–water partition coefficient (Wildman–Crippen LogP) is 7.17. The van der Waals surface area contributed by atoms with Gasteiger partial charge in [-0.25, -0.2) is 9.37 Å². The minimum Gasteiger partial charge on any atom is -0.449 e. The lowest BCUT2D eigenvalue weighted by Crippen LogP contribution is -2.26. The van der Waals surface area contributed by atoms with Crippen molar-refractivity contribution in [1.82, 2.24) is 14.9 Å². The Balaban J connectivity index is 1.45. The van der Waals surface area contributed by atoms with Crippen molar-refractivity contribution in [2.75, 3.05) is 0 Å². The summed E-state index contributed by atoms with van der Waals surface area (Å²) in [6, 6.07) is 16.2. The number of aromatic nitrogens is 2. The summed E-state index contributed by atoms with van der Waals surface area (Å²) in [7, 11) is 0. The van der Waals surface area contributed by atoms with Crippen molar-refractivity contribution in [3.8, 4) is 22.7 Å². The first-order valence-electron chi connectivity index (χ1n) is 12.2. The summed E-state index contributed by atoms with van der Waals surface area (Å²) in [4.78, 5) is 17.7. The first-order chi connectivity index (χ1) is 16.9. The Morgan fingerprint density at radius 1 is 1.06 bits per heavy atom. The van der Waals surface area contributed by atoms with Gasteiger partial charge in [0.15, 0.2) is 11.5 Å². The third-order valence-corrected chi connectivity index (χ3v) is 7.07. The molecule has 1 atom stereocenters. The van der Waals surface area contributed by atoms with Crippen LogP contribution < -0.4 is 5.32 Å². The van der Waals surface area contributed by atoms with Crippen LogP contribution in [0.4, 0.5) is 4.39 Å². The second-order valence-electron chi connectivity index (χ2n) is 9.50. The molecule has 35 heavy (non-hydrogen) atoms. The normalized spacial score (nSPS) is 14.9. The second kappa shape index (κ2) is 9.53. The Morgan fingerprint density at radius 3 is 2.51 bits per heavy atom. The summed E-state index contributed by atoms with van der Waals surface area (Å²) < 4.78 is 21.8. The Hall–Kier alpha value is -3.67. The monoisotopic (exact) mass is 471 g/mol. The number of hydrogen-bond donors (Lipinski definition) is 1. The molecule has 0 spiro atoms. The van der Waals surface area contributed by atoms with Crippen LogP contribution in [0.1, 0.15) is 71.9 Å². The van der Waals surface area contributed by atoms with E-state index in [1.165, 1.54) is 36.1 Å². The number of carbonyl (C=O) groups excluding carboxylic acids is 1. The van der Waals surface area contributed by atoms with E-state index in [9.17, 15) is 9.18 Å². The molecular formula is C29H30FN3O2. The number of aryl methyl sites for hydroxylation is 2. The van der Waals surface area contributed by atoms with Gasteiger partial charge in [-0.15, -0.1) is 0 Å². The van der Waals surface area contributed by atoms with Gasteiger partial charge in [-0.2, -0.15) is 0 Å². The second-order valence-corrected chi connectivity index (χ2v) is 9.50. The molecule has 2 aromatic heterocycles. The van der Waals surface area contributed by atoms with Crippen LogP contribution in [0.5, 0.6) is 0 Å². The highest BCUT2D eigenvalue weighted by Crippen LogP contribution is 2.39. The Morgan fingerprint density at radius 2 is 1.80 bits per heavy atom. The molecule has 2 heterocycles. The number of rotatable bonds is 6. The van der Waals surface area contributed by atoms with Crippen LogP contribution in [-0.2, 0) is 0 Å². The zero-order chi connectivity index (χ0) is 24.5. The summed E-state index contributed by atoms with van der Waals surface area (Å²) >= 11 is 0. The van der Waals surface area contributed by atoms with Gasteiger partial charge in [0, 0.05) is 11.6 Å². The molecule has 2 aromatic carbocycles. The van der Waals surface area contributed by atoms with E-state index >= 15 is 0 Å². The average Bonchev–Trinajstić information content (AvgIpc) is 3.61. The Kier molecular flexibility index (Phi) is 6.29. The number of nitrogens with zero attached hydrogens (tertiary/aromatic N) is 2. The van der Waals surface area contributed by atoms with E-state index in [0.29, 0.717) is 11.8 Å². The number of benzene rings is 2. The maximum Gasteiger partial charge on any atom is 0.287 e. The number of furan rings is 1. The van der Waals surface area contributed by atoms with E-state index in [2.05, 4.69) is 40.8 Å². The van der Waals surface area contributed by atoms with Crippen LogP contribution in [-0.4, -0.2) is 15.5 Å². The molecule has 0 unspecified atom stereocenters. The van der Waals surface area contributed by atoms with Gasteiger partial charge < -0.3 is 14.3 Å². The van der Waals surface area contributed by atoms with Gasteiger partial charge in [0.2, 0.25) is 0 Å². The highest BCUT2D eigenvalue weighted by atomic mass is 19.1. The van der Waals surface area contributed by atoms with Gasteiger partial charge in [-0.05, 0) is 86.7 Å². The van der Waals surface area contributed by atoms with E-state index in [0.717, 1.165) is 35.4 Å². The lowest BCUT2D eigenvalue weighted by atomic mass is 10.0. The van der Waals surface area contributed by atoms with Crippen LogP contribution in [0.15, 0.2) is 65.3 Å². The molecule has 1 N–H and O–H groups in total. The molecule has 1 aliphatic rings. The maximum absolute atomic E-state index is 13.5. The molecule has 0 aliphatic heterocycles. The first-order valence-corrected chi connectivity index (χ1v) is 12.2. The fraction of sp³-hybridized carbons (Fsp3) is 0.310. The molecule has 6 heteroatoms. The highest BCUT2D eigenvalue weighted by molar-refractivity contribution is 5.92. The summed E-state index contributed by atoms with van der Waals surface area (Å²) in [5.74, 6) is 0.273. The van der Waals surface area contributed by atoms with Gasteiger partial charge in [0.05, 0.1) is 18.1 Å². The number of imidazole rings is 1. The SMILES string of the molecule is Cc1ccc([C@@H](C)NC(=O)c2ccc(-c3c(-c4ccc(F)cc4)ncn3C3CCCC3)o2)cc1C. The topological polar surface area (TPSA) is 60.1 Å². The molecule has 0 bridgehead atoms. The largest absolute Gasteiger partial charge is 0.449 e. The van der Waals surface area contributed by atoms with Gasteiger partial charge in [-0.3, -0.25) is 4.79 Å². The summed E-state index contributed by atoms with van der Waals surface area (Å²) in [6.07, 6.45) is 6.35. The highest BCUT2D eigenvalue weighted by Gasteiger charge is 2.26. The van der Waals surface area contributed by atoms with Crippen molar-refractivity contribution >= 4 is 5.91 Å². The smallest absolute Gasteiger partial charge is 0.287 e. The van der Waals surface area contributed by atoms with Gasteiger partial charge >= 0.3 is 0 Å². The number of hydrogen-bond acceptors (Lipinski definition) is 3. The Bertz CT molecular complexity index is 1350. The van der Waals surface area contributed by atoms with Crippen molar-refractivity contribution in [3.05, 3.63) is 89.2 Å². The van der Waals surface area contributed by atoms with Crippen molar-refractivity contribution in [3.63, 3.8) is 0 Å². The van der Waals surface area contributed by atoms with Crippen molar-refractivity contribution < 1.29 is 13.6 Å². The molecule has 4 aromatic rings. The molecule has 1 saturated carbocycles. The van der Waals surface area contributed by atoms with E-state index in [1.54, 1.807) is 18.2 Å². The molecule has 180 valence electrons. The van der Waals surface area contributed by atoms with Crippen LogP contribution in [0, 0.1) is 19.7 Å². The molecule has 5 rings (SSSR count). The van der Waals surface area contributed by atoms with Crippen LogP contribution >= 0.6 is 0 Å². The average molecular weight is 472 g/mol. The molecule has 0 radical (unpaired) electrons. The fourth-order valence-electron chi connectivity index (χ4n) is 4.86. The minimum atomic E-state index is -0.291. The molecule has 0 saturated heterocycles. The molecule has 1 aliphatic carbocycles. The van der Waals surface area contributed by atoms with Crippen LogP contribution in [0.25, 0.3) is 22.7 Å². The van der Waals surface area contributed by atoms with E-state index in [1.807, 2.05) is 25.4 Å². The lowest BCUT2D eigenvalue weighted by Gasteiger charge is -2.16. The lowest BCUT2D eigenvalue weighted by molar-refractivity contribution is 0.0912. The van der Waals surface area contributed by atoms with Crippen molar-refractivity contribution in [2.24, 2.45) is 0 Å². The van der Waals surface area contributed by atoms with Gasteiger partial charge in [0.1, 0.15) is 11.5 Å². The zero-order valence-corrected chi connectivity index (χ0v) is 20.3.